The van der Waals surface area contributed by atoms with E-state index < -0.39 is 25.8 Å². The number of aliphatic hydroxyl groups excluding tert-OH is 2. The Morgan fingerprint density at radius 2 is 1.61 bits per heavy atom. The van der Waals surface area contributed by atoms with Crippen molar-refractivity contribution < 1.29 is 38.8 Å². The van der Waals surface area contributed by atoms with Crippen LogP contribution in [0.2, 0.25) is 23.7 Å². The highest BCUT2D eigenvalue weighted by Gasteiger charge is 2.66. The molecule has 3 amide bonds. The number of nitrogens with one attached hydrogen (secondary N) is 1. The van der Waals surface area contributed by atoms with E-state index >= 15 is 4.79 Å². The minimum Gasteiger partial charge on any atom is -0.497 e. The van der Waals surface area contributed by atoms with Crippen molar-refractivity contribution in [2.45, 2.75) is 101 Å². The van der Waals surface area contributed by atoms with Crippen molar-refractivity contribution in [2.24, 2.45) is 5.92 Å². The van der Waals surface area contributed by atoms with E-state index in [2.05, 4.69) is 43.5 Å². The lowest BCUT2D eigenvalue weighted by Crippen LogP contribution is -2.52. The quantitative estimate of drug-likeness (QED) is 0.0668. The molecular weight excluding hydrogens is 908 g/mol. The molecule has 0 radical (unpaired) electrons. The van der Waals surface area contributed by atoms with Crippen LogP contribution in [0.15, 0.2) is 109 Å². The number of fused-ring (bicyclic) bond motifs is 4. The summed E-state index contributed by atoms with van der Waals surface area (Å²) in [5, 5.41) is 25.0. The van der Waals surface area contributed by atoms with Crippen LogP contribution in [-0.4, -0.2) is 92.6 Å². The van der Waals surface area contributed by atoms with E-state index in [0.717, 1.165) is 51.0 Å². The van der Waals surface area contributed by atoms with E-state index in [9.17, 15) is 19.8 Å². The van der Waals surface area contributed by atoms with Gasteiger partial charge in [-0.2, -0.15) is 0 Å². The summed E-state index contributed by atoms with van der Waals surface area (Å²) >= 11 is 6.82. The highest BCUT2D eigenvalue weighted by atomic mass is 35.5. The maximum Gasteiger partial charge on any atom is 0.264 e. The standard InChI is InChI=1S/C55H63ClN4O8Si/c1-6-67-44-20-24-48-39(28-44)29-47(57-25-9-10-26-61)53(64)60(48)41-16-13-36(14-17-41)32-59-49-23-15-40(56)30-46(49)55(54(59)65)35(2)52(69(4,5)45-21-18-43(66-3)19-22-45)50(68-55)31-51(63)58-33-38-12-8-7-11-37(38)27-42(58)34-62/h7-8,11-24,28,30,35,42,47,50,52,57,61-62H,6,9-10,25-27,29,31-34H2,1-5H3/t35-,42-,47?,50+,52-,55+/m0/s1. The van der Waals surface area contributed by atoms with E-state index in [1.54, 1.807) is 27.9 Å². The molecular formula is C55H63ClN4O8Si. The van der Waals surface area contributed by atoms with Gasteiger partial charge < -0.3 is 39.5 Å². The van der Waals surface area contributed by atoms with Crippen molar-refractivity contribution in [3.63, 3.8) is 0 Å². The Labute approximate surface area is 411 Å². The molecule has 6 atom stereocenters. The molecule has 1 fully saturated rings. The van der Waals surface area contributed by atoms with Crippen molar-refractivity contribution >= 4 is 59.6 Å². The summed E-state index contributed by atoms with van der Waals surface area (Å²) in [6.45, 7) is 10.3. The van der Waals surface area contributed by atoms with Crippen molar-refractivity contribution in [1.29, 1.82) is 0 Å². The molecule has 1 spiro atoms. The van der Waals surface area contributed by atoms with E-state index in [1.165, 1.54) is 0 Å². The zero-order valence-corrected chi connectivity index (χ0v) is 41.9. The molecule has 0 bridgehead atoms. The van der Waals surface area contributed by atoms with Crippen LogP contribution in [-0.2, 0) is 50.7 Å². The second kappa shape index (κ2) is 20.1. The first-order valence-corrected chi connectivity index (χ1v) is 27.7. The van der Waals surface area contributed by atoms with Crippen molar-refractivity contribution in [3.8, 4) is 11.5 Å². The number of amides is 3. The lowest BCUT2D eigenvalue weighted by molar-refractivity contribution is -0.151. The number of halogens is 1. The third-order valence-electron chi connectivity index (χ3n) is 15.1. The first-order valence-electron chi connectivity index (χ1n) is 24.3. The minimum atomic E-state index is -2.60. The van der Waals surface area contributed by atoms with E-state index in [-0.39, 0.29) is 61.4 Å². The Hall–Kier alpha value is -5.54. The number of aliphatic hydroxyl groups is 2. The molecule has 362 valence electrons. The van der Waals surface area contributed by atoms with Gasteiger partial charge in [-0.3, -0.25) is 19.3 Å². The predicted molar refractivity (Wildman–Crippen MR) is 271 cm³/mol. The molecule has 5 aromatic rings. The van der Waals surface area contributed by atoms with Crippen LogP contribution in [0.1, 0.15) is 60.9 Å². The third kappa shape index (κ3) is 8.98. The van der Waals surface area contributed by atoms with Gasteiger partial charge in [0.2, 0.25) is 11.8 Å². The molecule has 4 heterocycles. The van der Waals surface area contributed by atoms with E-state index in [0.29, 0.717) is 60.9 Å². The average molecular weight is 972 g/mol. The van der Waals surface area contributed by atoms with Gasteiger partial charge in [-0.25, -0.2) is 0 Å². The second-order valence-corrected chi connectivity index (χ2v) is 24.6. The summed E-state index contributed by atoms with van der Waals surface area (Å²) in [4.78, 5) is 50.0. The summed E-state index contributed by atoms with van der Waals surface area (Å²) in [5.74, 6) is 0.718. The van der Waals surface area contributed by atoms with Gasteiger partial charge in [-0.15, -0.1) is 0 Å². The van der Waals surface area contributed by atoms with Crippen molar-refractivity contribution in [2.75, 3.05) is 43.3 Å². The zero-order chi connectivity index (χ0) is 48.6. The number of benzene rings is 5. The molecule has 9 rings (SSSR count). The molecule has 69 heavy (non-hydrogen) atoms. The highest BCUT2D eigenvalue weighted by molar-refractivity contribution is 6.91. The fourth-order valence-corrected chi connectivity index (χ4v) is 15.8. The van der Waals surface area contributed by atoms with Gasteiger partial charge in [0.05, 0.1) is 70.9 Å². The van der Waals surface area contributed by atoms with Crippen LogP contribution in [0, 0.1) is 5.92 Å². The van der Waals surface area contributed by atoms with Gasteiger partial charge in [0.15, 0.2) is 5.60 Å². The minimum absolute atomic E-state index is 0.0387. The SMILES string of the molecule is CCOc1ccc2c(c1)CC(NCCCCO)C(=O)N2c1ccc(CN2C(=O)[C@]3(O[C@H](CC(=O)N4Cc5ccccc5C[C@H]4CO)[C@@H]([Si](C)(C)c4ccc(OC)cc4)[C@@H]3C)c3cc(Cl)ccc32)cc1. The first-order chi connectivity index (χ1) is 33.3. The molecule has 4 aliphatic rings. The highest BCUT2D eigenvalue weighted by Crippen LogP contribution is 2.60. The molecule has 1 unspecified atom stereocenters. The average Bonchev–Trinajstić information content (AvgIpc) is 3.78. The lowest BCUT2D eigenvalue weighted by atomic mass is 9.82. The molecule has 4 aliphatic heterocycles. The largest absolute Gasteiger partial charge is 0.497 e. The van der Waals surface area contributed by atoms with Gasteiger partial charge >= 0.3 is 0 Å². The van der Waals surface area contributed by atoms with Gasteiger partial charge in [0, 0.05) is 35.3 Å². The van der Waals surface area contributed by atoms with Crippen molar-refractivity contribution in [3.05, 3.63) is 142 Å². The Morgan fingerprint density at radius 3 is 2.32 bits per heavy atom. The summed E-state index contributed by atoms with van der Waals surface area (Å²) in [7, 11) is -0.951. The number of methoxy groups -OCH3 is 1. The Kier molecular flexibility index (Phi) is 14.1. The number of hydrogen-bond acceptors (Lipinski definition) is 9. The van der Waals surface area contributed by atoms with E-state index in [1.807, 2.05) is 91.9 Å². The van der Waals surface area contributed by atoms with Gasteiger partial charge in [0.1, 0.15) is 11.5 Å². The number of unbranched alkanes of at least 4 members (excludes halogenated alkanes) is 1. The Bertz CT molecular complexity index is 2700. The number of rotatable bonds is 16. The van der Waals surface area contributed by atoms with Gasteiger partial charge in [0.25, 0.3) is 5.91 Å². The van der Waals surface area contributed by atoms with Crippen molar-refractivity contribution in [1.82, 2.24) is 10.2 Å². The smallest absolute Gasteiger partial charge is 0.264 e. The van der Waals surface area contributed by atoms with Crippen LogP contribution in [0.5, 0.6) is 11.5 Å². The lowest BCUT2D eigenvalue weighted by Gasteiger charge is -2.39. The predicted octanol–water partition coefficient (Wildman–Crippen LogP) is 7.80. The van der Waals surface area contributed by atoms with E-state index in [4.69, 9.17) is 25.8 Å². The number of ether oxygens (including phenoxy) is 3. The summed E-state index contributed by atoms with van der Waals surface area (Å²) in [6.07, 6.45) is 1.87. The Balaban J connectivity index is 1.04. The maximum atomic E-state index is 15.7. The Morgan fingerprint density at radius 1 is 0.884 bits per heavy atom. The molecule has 5 aromatic carbocycles. The number of hydrogen-bond donors (Lipinski definition) is 3. The maximum absolute atomic E-state index is 15.7. The first kappa shape index (κ1) is 48.5. The van der Waals surface area contributed by atoms with Crippen LogP contribution < -0.4 is 29.8 Å². The normalized spacial score (nSPS) is 23.0. The molecule has 12 nitrogen and oxygen atoms in total. The number of anilines is 3. The second-order valence-electron chi connectivity index (χ2n) is 19.4. The molecule has 14 heteroatoms. The van der Waals surface area contributed by atoms with Crippen LogP contribution in [0.3, 0.4) is 0 Å². The summed E-state index contributed by atoms with van der Waals surface area (Å²) < 4.78 is 18.7. The summed E-state index contributed by atoms with van der Waals surface area (Å²) in [5.41, 5.74) is 5.26. The fraction of sp³-hybridized carbons (Fsp3) is 0.400. The molecule has 3 N–H and O–H groups in total. The van der Waals surface area contributed by atoms with Crippen LogP contribution in [0.4, 0.5) is 17.1 Å². The molecule has 0 aliphatic carbocycles. The molecule has 1 saturated heterocycles. The zero-order valence-electron chi connectivity index (χ0n) is 40.1. The van der Waals surface area contributed by atoms with Crippen LogP contribution in [0.25, 0.3) is 0 Å². The number of carbonyl (C=O) groups excluding carboxylic acids is 3. The molecule has 0 saturated carbocycles. The van der Waals surface area contributed by atoms with Crippen LogP contribution >= 0.6 is 11.6 Å². The number of carbonyl (C=O) groups is 3. The topological polar surface area (TPSA) is 141 Å². The fourth-order valence-electron chi connectivity index (χ4n) is 11.6. The summed E-state index contributed by atoms with van der Waals surface area (Å²) in [6, 6.07) is 34.5. The third-order valence-corrected chi connectivity index (χ3v) is 19.7. The monoisotopic (exact) mass is 970 g/mol. The van der Waals surface area contributed by atoms with Gasteiger partial charge in [-0.05, 0) is 128 Å². The molecule has 0 aromatic heterocycles. The van der Waals surface area contributed by atoms with Gasteiger partial charge in [-0.1, -0.05) is 85.3 Å². The number of nitrogens with zero attached hydrogens (tertiary/aromatic N) is 3.